The third-order valence-electron chi connectivity index (χ3n) is 1.88. The molecule has 0 fully saturated rings. The molecule has 1 rings (SSSR count). The summed E-state index contributed by atoms with van der Waals surface area (Å²) in [6, 6.07) is 6.27. The Morgan fingerprint density at radius 1 is 1.25 bits per heavy atom. The predicted molar refractivity (Wildman–Crippen MR) is 61.3 cm³/mol. The third-order valence-corrected chi connectivity index (χ3v) is 3.25. The molecule has 0 aromatic heterocycles. The van der Waals surface area contributed by atoms with Crippen LogP contribution in [-0.2, 0) is 14.8 Å². The Morgan fingerprint density at radius 2 is 1.81 bits per heavy atom. The van der Waals surface area contributed by atoms with E-state index in [-0.39, 0.29) is 4.90 Å². The Bertz CT molecular complexity index is 501. The van der Waals surface area contributed by atoms with E-state index in [9.17, 15) is 13.2 Å². The van der Waals surface area contributed by atoms with Crippen molar-refractivity contribution in [2.75, 3.05) is 0 Å². The molecule has 16 heavy (non-hydrogen) atoms. The summed E-state index contributed by atoms with van der Waals surface area (Å²) in [6.45, 7) is 3.49. The molecule has 0 radical (unpaired) electrons. The second-order valence-corrected chi connectivity index (χ2v) is 4.97. The fourth-order valence-electron chi connectivity index (χ4n) is 1.09. The lowest BCUT2D eigenvalue weighted by Crippen LogP contribution is -2.28. The van der Waals surface area contributed by atoms with Crippen molar-refractivity contribution in [3.63, 3.8) is 0 Å². The number of sulfonamides is 1. The molecular formula is C11H13NO3S. The highest BCUT2D eigenvalue weighted by Gasteiger charge is 2.15. The van der Waals surface area contributed by atoms with Gasteiger partial charge in [-0.3, -0.25) is 4.79 Å². The molecule has 0 aliphatic heterocycles. The summed E-state index contributed by atoms with van der Waals surface area (Å²) in [5, 5.41) is 0. The van der Waals surface area contributed by atoms with Gasteiger partial charge in [0.15, 0.2) is 0 Å². The summed E-state index contributed by atoms with van der Waals surface area (Å²) >= 11 is 0. The molecule has 0 bridgehead atoms. The molecule has 0 saturated carbocycles. The summed E-state index contributed by atoms with van der Waals surface area (Å²) in [5.74, 6) is -0.650. The van der Waals surface area contributed by atoms with E-state index in [0.29, 0.717) is 0 Å². The molecule has 1 amide bonds. The van der Waals surface area contributed by atoms with Crippen molar-refractivity contribution in [2.45, 2.75) is 18.7 Å². The molecule has 5 heteroatoms. The minimum atomic E-state index is -3.75. The number of hydrogen-bond donors (Lipinski definition) is 1. The molecule has 0 heterocycles. The molecular weight excluding hydrogens is 226 g/mol. The van der Waals surface area contributed by atoms with Crippen molar-refractivity contribution < 1.29 is 13.2 Å². The lowest BCUT2D eigenvalue weighted by Gasteiger charge is -2.04. The zero-order valence-electron chi connectivity index (χ0n) is 9.10. The molecule has 1 aromatic rings. The SMILES string of the molecule is CC=CC(=O)NS(=O)(=O)c1ccc(C)cc1. The molecule has 1 aromatic carbocycles. The molecule has 0 saturated heterocycles. The van der Waals surface area contributed by atoms with E-state index >= 15 is 0 Å². The van der Waals surface area contributed by atoms with Crippen LogP contribution >= 0.6 is 0 Å². The maximum Gasteiger partial charge on any atom is 0.264 e. The smallest absolute Gasteiger partial charge is 0.264 e. The quantitative estimate of drug-likeness (QED) is 0.810. The fourth-order valence-corrected chi connectivity index (χ4v) is 2.04. The minimum absolute atomic E-state index is 0.0796. The minimum Gasteiger partial charge on any atom is -0.269 e. The normalized spacial score (nSPS) is 11.6. The number of carbonyl (C=O) groups is 1. The van der Waals surface area contributed by atoms with Crippen LogP contribution in [0.1, 0.15) is 12.5 Å². The van der Waals surface area contributed by atoms with Gasteiger partial charge in [-0.15, -0.1) is 0 Å². The molecule has 0 aliphatic carbocycles. The van der Waals surface area contributed by atoms with Crippen molar-refractivity contribution in [1.82, 2.24) is 4.72 Å². The molecule has 0 aliphatic rings. The topological polar surface area (TPSA) is 63.2 Å². The first-order valence-electron chi connectivity index (χ1n) is 4.72. The first-order chi connectivity index (χ1) is 7.45. The summed E-state index contributed by atoms with van der Waals surface area (Å²) < 4.78 is 25.3. The standard InChI is InChI=1S/C11H13NO3S/c1-3-4-11(13)12-16(14,15)10-7-5-9(2)6-8-10/h3-8H,1-2H3,(H,12,13). The number of hydrogen-bond acceptors (Lipinski definition) is 3. The van der Waals surface area contributed by atoms with Crippen LogP contribution in [0.3, 0.4) is 0 Å². The van der Waals surface area contributed by atoms with Gasteiger partial charge in [-0.1, -0.05) is 23.8 Å². The predicted octanol–water partition coefficient (Wildman–Crippen LogP) is 1.38. The highest BCUT2D eigenvalue weighted by atomic mass is 32.2. The van der Waals surface area contributed by atoms with Crippen molar-refractivity contribution >= 4 is 15.9 Å². The second kappa shape index (κ2) is 4.94. The second-order valence-electron chi connectivity index (χ2n) is 3.28. The van der Waals surface area contributed by atoms with E-state index in [1.165, 1.54) is 18.2 Å². The van der Waals surface area contributed by atoms with Crippen LogP contribution in [0.4, 0.5) is 0 Å². The summed E-state index contributed by atoms with van der Waals surface area (Å²) in [7, 11) is -3.75. The number of amides is 1. The lowest BCUT2D eigenvalue weighted by molar-refractivity contribution is -0.114. The zero-order chi connectivity index (χ0) is 12.2. The number of nitrogens with one attached hydrogen (secondary N) is 1. The maximum atomic E-state index is 11.7. The summed E-state index contributed by atoms with van der Waals surface area (Å²) in [4.78, 5) is 11.2. The third kappa shape index (κ3) is 3.20. The van der Waals surface area contributed by atoms with E-state index in [1.54, 1.807) is 19.1 Å². The van der Waals surface area contributed by atoms with Gasteiger partial charge in [-0.05, 0) is 32.1 Å². The molecule has 1 N–H and O–H groups in total. The van der Waals surface area contributed by atoms with Crippen LogP contribution in [0.5, 0.6) is 0 Å². The Hall–Kier alpha value is -1.62. The van der Waals surface area contributed by atoms with Crippen LogP contribution in [0.25, 0.3) is 0 Å². The Kier molecular flexibility index (Phi) is 3.84. The zero-order valence-corrected chi connectivity index (χ0v) is 9.91. The number of carbonyl (C=O) groups excluding carboxylic acids is 1. The fraction of sp³-hybridized carbons (Fsp3) is 0.182. The number of aryl methyl sites for hydroxylation is 1. The van der Waals surface area contributed by atoms with Crippen LogP contribution in [0.2, 0.25) is 0 Å². The monoisotopic (exact) mass is 239 g/mol. The summed E-state index contributed by atoms with van der Waals surface area (Å²) in [6.07, 6.45) is 2.63. The highest BCUT2D eigenvalue weighted by Crippen LogP contribution is 2.09. The van der Waals surface area contributed by atoms with E-state index in [1.807, 2.05) is 11.6 Å². The first-order valence-corrected chi connectivity index (χ1v) is 6.20. The highest BCUT2D eigenvalue weighted by molar-refractivity contribution is 7.90. The Morgan fingerprint density at radius 3 is 2.31 bits per heavy atom. The summed E-state index contributed by atoms with van der Waals surface area (Å²) in [5.41, 5.74) is 0.957. The molecule has 4 nitrogen and oxygen atoms in total. The van der Waals surface area contributed by atoms with Gasteiger partial charge in [0, 0.05) is 0 Å². The van der Waals surface area contributed by atoms with Crippen molar-refractivity contribution in [3.05, 3.63) is 42.0 Å². The van der Waals surface area contributed by atoms with Gasteiger partial charge in [0.25, 0.3) is 15.9 Å². The van der Waals surface area contributed by atoms with Crippen molar-refractivity contribution in [2.24, 2.45) is 0 Å². The van der Waals surface area contributed by atoms with Crippen molar-refractivity contribution in [1.29, 1.82) is 0 Å². The largest absolute Gasteiger partial charge is 0.269 e. The molecule has 0 spiro atoms. The lowest BCUT2D eigenvalue weighted by atomic mass is 10.2. The Labute approximate surface area is 95.0 Å². The molecule has 0 unspecified atom stereocenters. The van der Waals surface area contributed by atoms with Crippen LogP contribution < -0.4 is 4.72 Å². The van der Waals surface area contributed by atoms with Gasteiger partial charge < -0.3 is 0 Å². The number of benzene rings is 1. The van der Waals surface area contributed by atoms with Gasteiger partial charge >= 0.3 is 0 Å². The van der Waals surface area contributed by atoms with Gasteiger partial charge in [0.05, 0.1) is 4.90 Å². The Balaban J connectivity index is 2.94. The van der Waals surface area contributed by atoms with Crippen LogP contribution in [0.15, 0.2) is 41.3 Å². The van der Waals surface area contributed by atoms with Crippen LogP contribution in [-0.4, -0.2) is 14.3 Å². The van der Waals surface area contributed by atoms with Crippen LogP contribution in [0, 0.1) is 6.92 Å². The van der Waals surface area contributed by atoms with Gasteiger partial charge in [0.1, 0.15) is 0 Å². The van der Waals surface area contributed by atoms with Gasteiger partial charge in [-0.2, -0.15) is 0 Å². The van der Waals surface area contributed by atoms with Gasteiger partial charge in [0.2, 0.25) is 0 Å². The van der Waals surface area contributed by atoms with E-state index < -0.39 is 15.9 Å². The average molecular weight is 239 g/mol. The van der Waals surface area contributed by atoms with Crippen molar-refractivity contribution in [3.8, 4) is 0 Å². The molecule has 0 atom stereocenters. The number of allylic oxidation sites excluding steroid dienone is 1. The van der Waals surface area contributed by atoms with Gasteiger partial charge in [-0.25, -0.2) is 13.1 Å². The number of rotatable bonds is 3. The maximum absolute atomic E-state index is 11.7. The van der Waals surface area contributed by atoms with E-state index in [0.717, 1.165) is 11.6 Å². The van der Waals surface area contributed by atoms with E-state index in [2.05, 4.69) is 0 Å². The first kappa shape index (κ1) is 12.4. The van der Waals surface area contributed by atoms with E-state index in [4.69, 9.17) is 0 Å². The molecule has 86 valence electrons. The average Bonchev–Trinajstić information content (AvgIpc) is 2.17.